The van der Waals surface area contributed by atoms with Gasteiger partial charge < -0.3 is 16.3 Å². The van der Waals surface area contributed by atoms with E-state index in [9.17, 15) is 9.59 Å². The summed E-state index contributed by atoms with van der Waals surface area (Å²) in [5.41, 5.74) is 6.59. The van der Waals surface area contributed by atoms with E-state index in [-0.39, 0.29) is 29.3 Å². The van der Waals surface area contributed by atoms with Gasteiger partial charge in [0.1, 0.15) is 5.52 Å². The highest BCUT2D eigenvalue weighted by atomic mass is 32.1. The fourth-order valence-corrected chi connectivity index (χ4v) is 4.17. The lowest BCUT2D eigenvalue weighted by atomic mass is 10.0. The topological polar surface area (TPSA) is 105 Å². The van der Waals surface area contributed by atoms with E-state index in [1.165, 1.54) is 18.4 Å². The van der Waals surface area contributed by atoms with Crippen LogP contribution in [0.4, 0.5) is 4.39 Å². The number of nitrogens with two attached hydrogens (primary N) is 2. The van der Waals surface area contributed by atoms with Gasteiger partial charge in [-0.15, -0.1) is 0 Å². The van der Waals surface area contributed by atoms with E-state index in [0.717, 1.165) is 29.0 Å². The smallest absolute Gasteiger partial charge is 0.354 e. The standard InChI is InChI=1S/C17H17FN4O3S/c1-25-15-13(10-7-26-6-9(10)4-19)11(18)5-21-14(15)12(8-2-3-8)16(23)22(20)17(21)24/h5-8H,2-4,19-20H2,1H3. The monoisotopic (exact) mass is 376 g/mol. The molecule has 1 saturated carbocycles. The maximum atomic E-state index is 15.0. The molecule has 0 aromatic carbocycles. The summed E-state index contributed by atoms with van der Waals surface area (Å²) in [5.74, 6) is 5.11. The molecule has 1 fully saturated rings. The lowest BCUT2D eigenvalue weighted by molar-refractivity contribution is 0.414. The Morgan fingerprint density at radius 1 is 1.35 bits per heavy atom. The van der Waals surface area contributed by atoms with Crippen LogP contribution >= 0.6 is 11.3 Å². The molecule has 0 amide bonds. The Morgan fingerprint density at radius 2 is 2.08 bits per heavy atom. The first-order valence-electron chi connectivity index (χ1n) is 8.07. The summed E-state index contributed by atoms with van der Waals surface area (Å²) in [6.45, 7) is 0.235. The van der Waals surface area contributed by atoms with E-state index < -0.39 is 17.1 Å². The van der Waals surface area contributed by atoms with Gasteiger partial charge in [-0.1, -0.05) is 0 Å². The fourth-order valence-electron chi connectivity index (χ4n) is 3.31. The number of pyridine rings is 1. The minimum Gasteiger partial charge on any atom is -0.494 e. The van der Waals surface area contributed by atoms with Crippen molar-refractivity contribution in [3.05, 3.63) is 54.7 Å². The average molecular weight is 376 g/mol. The number of thiophene rings is 1. The zero-order valence-electron chi connectivity index (χ0n) is 14.0. The van der Waals surface area contributed by atoms with Gasteiger partial charge in [-0.2, -0.15) is 16.0 Å². The molecule has 3 aromatic heterocycles. The average Bonchev–Trinajstić information content (AvgIpc) is 3.36. The van der Waals surface area contributed by atoms with Crippen LogP contribution in [0.25, 0.3) is 16.6 Å². The summed E-state index contributed by atoms with van der Waals surface area (Å²) in [7, 11) is 1.39. The Morgan fingerprint density at radius 3 is 2.69 bits per heavy atom. The molecule has 26 heavy (non-hydrogen) atoms. The van der Waals surface area contributed by atoms with Gasteiger partial charge in [0, 0.05) is 12.1 Å². The van der Waals surface area contributed by atoms with Crippen LogP contribution < -0.4 is 27.6 Å². The molecule has 1 aliphatic carbocycles. The lowest BCUT2D eigenvalue weighted by Crippen LogP contribution is -2.44. The molecular formula is C17H17FN4O3S. The highest BCUT2D eigenvalue weighted by molar-refractivity contribution is 7.08. The van der Waals surface area contributed by atoms with Gasteiger partial charge in [-0.25, -0.2) is 9.18 Å². The number of nitrogen functional groups attached to an aromatic ring is 1. The van der Waals surface area contributed by atoms with Gasteiger partial charge in [0.25, 0.3) is 5.56 Å². The molecule has 0 unspecified atom stereocenters. The Balaban J connectivity index is 2.22. The Kier molecular flexibility index (Phi) is 3.85. The molecule has 0 aliphatic heterocycles. The first-order chi connectivity index (χ1) is 12.5. The molecule has 1 aliphatic rings. The number of methoxy groups -OCH3 is 1. The van der Waals surface area contributed by atoms with Gasteiger partial charge in [-0.05, 0) is 35.1 Å². The van der Waals surface area contributed by atoms with Crippen LogP contribution in [0.3, 0.4) is 0 Å². The maximum Gasteiger partial charge on any atom is 0.354 e. The summed E-state index contributed by atoms with van der Waals surface area (Å²) < 4.78 is 22.1. The van der Waals surface area contributed by atoms with Gasteiger partial charge >= 0.3 is 5.69 Å². The van der Waals surface area contributed by atoms with Crippen molar-refractivity contribution in [3.8, 4) is 16.9 Å². The highest BCUT2D eigenvalue weighted by Gasteiger charge is 2.33. The summed E-state index contributed by atoms with van der Waals surface area (Å²) in [6.07, 6.45) is 2.68. The Labute approximate surface area is 151 Å². The SMILES string of the molecule is COc1c(-c2cscc2CN)c(F)cn2c(=O)n(N)c(=O)c(C3CC3)c12. The third kappa shape index (κ3) is 2.27. The molecule has 0 saturated heterocycles. The number of nitrogens with zero attached hydrogens (tertiary/aromatic N) is 2. The van der Waals surface area contributed by atoms with E-state index in [4.69, 9.17) is 16.3 Å². The van der Waals surface area contributed by atoms with Crippen molar-refractivity contribution < 1.29 is 9.13 Å². The van der Waals surface area contributed by atoms with Crippen LogP contribution in [0.15, 0.2) is 26.5 Å². The minimum atomic E-state index is -0.817. The van der Waals surface area contributed by atoms with Crippen molar-refractivity contribution in [1.82, 2.24) is 9.08 Å². The van der Waals surface area contributed by atoms with Crippen molar-refractivity contribution in [3.63, 3.8) is 0 Å². The molecule has 4 N–H and O–H groups in total. The number of hydrogen-bond donors (Lipinski definition) is 2. The predicted molar refractivity (Wildman–Crippen MR) is 97.8 cm³/mol. The number of hydrogen-bond acceptors (Lipinski definition) is 6. The second-order valence-corrected chi connectivity index (χ2v) is 7.01. The van der Waals surface area contributed by atoms with Gasteiger partial charge in [0.05, 0.1) is 24.4 Å². The van der Waals surface area contributed by atoms with E-state index in [1.54, 1.807) is 5.38 Å². The van der Waals surface area contributed by atoms with E-state index >= 15 is 4.39 Å². The molecule has 9 heteroatoms. The molecule has 3 aromatic rings. The first kappa shape index (κ1) is 16.8. The van der Waals surface area contributed by atoms with Crippen LogP contribution in [0.1, 0.15) is 29.9 Å². The molecule has 3 heterocycles. The predicted octanol–water partition coefficient (Wildman–Crippen LogP) is 1.39. The highest BCUT2D eigenvalue weighted by Crippen LogP contribution is 2.45. The van der Waals surface area contributed by atoms with Crippen molar-refractivity contribution in [2.75, 3.05) is 13.0 Å². The third-order valence-electron chi connectivity index (χ3n) is 4.70. The van der Waals surface area contributed by atoms with Crippen molar-refractivity contribution >= 4 is 16.9 Å². The Hall–Kier alpha value is -2.65. The number of rotatable bonds is 4. The van der Waals surface area contributed by atoms with Crippen molar-refractivity contribution in [2.45, 2.75) is 25.3 Å². The fraction of sp³-hybridized carbons (Fsp3) is 0.294. The molecule has 0 bridgehead atoms. The molecular weight excluding hydrogens is 359 g/mol. The zero-order chi connectivity index (χ0) is 18.6. The van der Waals surface area contributed by atoms with E-state index in [2.05, 4.69) is 0 Å². The van der Waals surface area contributed by atoms with E-state index in [1.807, 2.05) is 5.38 Å². The molecule has 7 nitrogen and oxygen atoms in total. The number of halogens is 1. The van der Waals surface area contributed by atoms with Crippen LogP contribution in [-0.4, -0.2) is 16.2 Å². The van der Waals surface area contributed by atoms with Gasteiger partial charge in [0.15, 0.2) is 11.6 Å². The normalized spacial score (nSPS) is 14.1. The van der Waals surface area contributed by atoms with Crippen molar-refractivity contribution in [1.29, 1.82) is 0 Å². The first-order valence-corrected chi connectivity index (χ1v) is 9.02. The van der Waals surface area contributed by atoms with Crippen LogP contribution in [0.5, 0.6) is 5.75 Å². The van der Waals surface area contributed by atoms with E-state index in [0.29, 0.717) is 15.8 Å². The molecule has 0 radical (unpaired) electrons. The quantitative estimate of drug-likeness (QED) is 0.670. The minimum absolute atomic E-state index is 0.0171. The number of fused-ring (bicyclic) bond motifs is 1. The zero-order valence-corrected chi connectivity index (χ0v) is 14.8. The summed E-state index contributed by atoms with van der Waals surface area (Å²) >= 11 is 1.39. The Bertz CT molecular complexity index is 1140. The molecule has 4 rings (SSSR count). The van der Waals surface area contributed by atoms with Crippen molar-refractivity contribution in [2.24, 2.45) is 5.73 Å². The third-order valence-corrected chi connectivity index (χ3v) is 5.49. The van der Waals surface area contributed by atoms with Gasteiger partial charge in [-0.3, -0.25) is 9.20 Å². The second kappa shape index (κ2) is 5.96. The maximum absolute atomic E-state index is 15.0. The molecule has 0 atom stereocenters. The van der Waals surface area contributed by atoms with Crippen LogP contribution in [0, 0.1) is 5.82 Å². The number of ether oxygens (including phenoxy) is 1. The summed E-state index contributed by atoms with van der Waals surface area (Å²) in [6, 6.07) is 0. The molecule has 136 valence electrons. The summed E-state index contributed by atoms with van der Waals surface area (Å²) in [4.78, 5) is 25.1. The van der Waals surface area contributed by atoms with Crippen LogP contribution in [0.2, 0.25) is 0 Å². The molecule has 0 spiro atoms. The largest absolute Gasteiger partial charge is 0.494 e. The number of aromatic nitrogens is 2. The summed E-state index contributed by atoms with van der Waals surface area (Å²) in [5, 5.41) is 3.61. The van der Waals surface area contributed by atoms with Gasteiger partial charge in [0.2, 0.25) is 0 Å². The van der Waals surface area contributed by atoms with Crippen LogP contribution in [-0.2, 0) is 6.54 Å². The lowest BCUT2D eigenvalue weighted by Gasteiger charge is -2.17. The second-order valence-electron chi connectivity index (χ2n) is 6.26.